The molecule has 20 heavy (non-hydrogen) atoms. The summed E-state index contributed by atoms with van der Waals surface area (Å²) in [7, 11) is 0. The number of ether oxygens (including phenoxy) is 1. The summed E-state index contributed by atoms with van der Waals surface area (Å²) in [6, 6.07) is 4.94. The first-order chi connectivity index (χ1) is 9.60. The molecule has 1 aliphatic heterocycles. The number of nitrogens with two attached hydrogens (primary N) is 1. The summed E-state index contributed by atoms with van der Waals surface area (Å²) in [5.74, 6) is 0. The quantitative estimate of drug-likeness (QED) is 0.490. The summed E-state index contributed by atoms with van der Waals surface area (Å²) in [5.41, 5.74) is 6.90. The zero-order valence-electron chi connectivity index (χ0n) is 11.7. The largest absolute Gasteiger partial charge is 0.393 e. The van der Waals surface area contributed by atoms with Gasteiger partial charge in [-0.3, -0.25) is 15.0 Å². The summed E-state index contributed by atoms with van der Waals surface area (Å²) < 4.78 is 5.64. The van der Waals surface area contributed by atoms with E-state index in [1.54, 1.807) is 12.1 Å². The van der Waals surface area contributed by atoms with Crippen molar-refractivity contribution in [2.45, 2.75) is 32.4 Å². The summed E-state index contributed by atoms with van der Waals surface area (Å²) in [6.07, 6.45) is 2.55. The van der Waals surface area contributed by atoms with Gasteiger partial charge in [0.2, 0.25) is 0 Å². The molecule has 1 heterocycles. The van der Waals surface area contributed by atoms with Crippen molar-refractivity contribution in [2.75, 3.05) is 25.4 Å². The number of nitrogen functional groups attached to an aromatic ring is 1. The highest BCUT2D eigenvalue weighted by molar-refractivity contribution is 5.59. The average Bonchev–Trinajstić information content (AvgIpc) is 2.90. The van der Waals surface area contributed by atoms with E-state index in [2.05, 4.69) is 11.8 Å². The molecule has 2 N–H and O–H groups in total. The maximum atomic E-state index is 10.7. The van der Waals surface area contributed by atoms with E-state index in [9.17, 15) is 10.1 Å². The van der Waals surface area contributed by atoms with Crippen LogP contribution >= 0.6 is 0 Å². The summed E-state index contributed by atoms with van der Waals surface area (Å²) >= 11 is 0. The first-order valence-corrected chi connectivity index (χ1v) is 6.97. The molecule has 1 fully saturated rings. The van der Waals surface area contributed by atoms with Crippen molar-refractivity contribution in [3.63, 3.8) is 0 Å². The zero-order valence-corrected chi connectivity index (χ0v) is 11.7. The third kappa shape index (κ3) is 3.68. The van der Waals surface area contributed by atoms with Gasteiger partial charge in [0.1, 0.15) is 5.69 Å². The maximum absolute atomic E-state index is 10.7. The second kappa shape index (κ2) is 6.67. The molecule has 1 saturated heterocycles. The summed E-state index contributed by atoms with van der Waals surface area (Å²) in [6.45, 7) is 5.50. The maximum Gasteiger partial charge on any atom is 0.292 e. The van der Waals surface area contributed by atoms with Crippen LogP contribution in [0.15, 0.2) is 18.2 Å². The number of likely N-dealkylation sites (N-methyl/N-ethyl adjacent to an activating group) is 1. The van der Waals surface area contributed by atoms with E-state index in [1.807, 2.05) is 0 Å². The standard InChI is InChI=1S/C14H21N3O3/c1-2-16(10-12-4-3-7-20-12)9-11-5-6-14(17(18)19)13(15)8-11/h5-6,8,12H,2-4,7,9-10,15H2,1H3. The van der Waals surface area contributed by atoms with Crippen molar-refractivity contribution in [1.29, 1.82) is 0 Å². The predicted molar refractivity (Wildman–Crippen MR) is 77.4 cm³/mol. The Bertz CT molecular complexity index is 473. The van der Waals surface area contributed by atoms with Gasteiger partial charge in [-0.2, -0.15) is 0 Å². The van der Waals surface area contributed by atoms with Gasteiger partial charge in [0.15, 0.2) is 0 Å². The molecule has 6 nitrogen and oxygen atoms in total. The third-order valence-corrected chi connectivity index (χ3v) is 3.63. The van der Waals surface area contributed by atoms with E-state index in [-0.39, 0.29) is 11.4 Å². The molecule has 0 radical (unpaired) electrons. The van der Waals surface area contributed by atoms with Crippen LogP contribution in [0.5, 0.6) is 0 Å². The molecule has 0 amide bonds. The van der Waals surface area contributed by atoms with Gasteiger partial charge in [0.25, 0.3) is 5.69 Å². The van der Waals surface area contributed by atoms with Crippen LogP contribution in [-0.4, -0.2) is 35.6 Å². The van der Waals surface area contributed by atoms with E-state index >= 15 is 0 Å². The number of hydrogen-bond acceptors (Lipinski definition) is 5. The Morgan fingerprint density at radius 1 is 1.55 bits per heavy atom. The topological polar surface area (TPSA) is 81.6 Å². The summed E-state index contributed by atoms with van der Waals surface area (Å²) in [4.78, 5) is 12.6. The molecule has 1 aliphatic rings. The minimum Gasteiger partial charge on any atom is -0.393 e. The van der Waals surface area contributed by atoms with E-state index in [0.29, 0.717) is 6.10 Å². The number of nitro groups is 1. The lowest BCUT2D eigenvalue weighted by Gasteiger charge is -2.23. The molecule has 1 unspecified atom stereocenters. The molecule has 110 valence electrons. The van der Waals surface area contributed by atoms with Crippen LogP contribution in [0.3, 0.4) is 0 Å². The Hall–Kier alpha value is -1.66. The molecule has 1 aromatic rings. The Labute approximate surface area is 118 Å². The first-order valence-electron chi connectivity index (χ1n) is 6.97. The molecule has 1 atom stereocenters. The van der Waals surface area contributed by atoms with Crippen LogP contribution < -0.4 is 5.73 Å². The Balaban J connectivity index is 1.99. The van der Waals surface area contributed by atoms with Gasteiger partial charge in [-0.1, -0.05) is 13.0 Å². The van der Waals surface area contributed by atoms with Gasteiger partial charge in [-0.25, -0.2) is 0 Å². The van der Waals surface area contributed by atoms with Crippen molar-refractivity contribution in [2.24, 2.45) is 0 Å². The van der Waals surface area contributed by atoms with Crippen molar-refractivity contribution in [1.82, 2.24) is 4.90 Å². The lowest BCUT2D eigenvalue weighted by molar-refractivity contribution is -0.383. The van der Waals surface area contributed by atoms with Gasteiger partial charge in [-0.05, 0) is 31.0 Å². The van der Waals surface area contributed by atoms with Gasteiger partial charge < -0.3 is 10.5 Å². The smallest absolute Gasteiger partial charge is 0.292 e. The highest BCUT2D eigenvalue weighted by Gasteiger charge is 2.19. The molecule has 0 spiro atoms. The molecule has 0 aliphatic carbocycles. The van der Waals surface area contributed by atoms with E-state index < -0.39 is 4.92 Å². The fraction of sp³-hybridized carbons (Fsp3) is 0.571. The van der Waals surface area contributed by atoms with Crippen LogP contribution in [-0.2, 0) is 11.3 Å². The Morgan fingerprint density at radius 2 is 2.35 bits per heavy atom. The minimum absolute atomic E-state index is 0.0316. The highest BCUT2D eigenvalue weighted by atomic mass is 16.6. The third-order valence-electron chi connectivity index (χ3n) is 3.63. The Kier molecular flexibility index (Phi) is 4.92. The van der Waals surface area contributed by atoms with Crippen LogP contribution in [0.25, 0.3) is 0 Å². The molecule has 0 saturated carbocycles. The molecule has 6 heteroatoms. The number of nitro benzene ring substituents is 1. The molecule has 2 rings (SSSR count). The average molecular weight is 279 g/mol. The van der Waals surface area contributed by atoms with Crippen molar-refractivity contribution >= 4 is 11.4 Å². The lowest BCUT2D eigenvalue weighted by atomic mass is 10.1. The van der Waals surface area contributed by atoms with Crippen molar-refractivity contribution in [3.8, 4) is 0 Å². The van der Waals surface area contributed by atoms with Gasteiger partial charge in [-0.15, -0.1) is 0 Å². The number of rotatable bonds is 6. The highest BCUT2D eigenvalue weighted by Crippen LogP contribution is 2.23. The second-order valence-corrected chi connectivity index (χ2v) is 5.11. The summed E-state index contributed by atoms with van der Waals surface area (Å²) in [5, 5.41) is 10.7. The van der Waals surface area contributed by atoms with E-state index in [4.69, 9.17) is 10.5 Å². The molecular formula is C14H21N3O3. The molecule has 0 bridgehead atoms. The molecule has 1 aromatic carbocycles. The normalized spacial score (nSPS) is 18.6. The monoisotopic (exact) mass is 279 g/mol. The second-order valence-electron chi connectivity index (χ2n) is 5.11. The van der Waals surface area contributed by atoms with Gasteiger partial charge in [0, 0.05) is 25.8 Å². The van der Waals surface area contributed by atoms with Gasteiger partial charge >= 0.3 is 0 Å². The fourth-order valence-electron chi connectivity index (χ4n) is 2.51. The molecule has 0 aromatic heterocycles. The predicted octanol–water partition coefficient (Wildman–Crippen LogP) is 2.18. The fourth-order valence-corrected chi connectivity index (χ4v) is 2.51. The first kappa shape index (κ1) is 14.7. The van der Waals surface area contributed by atoms with E-state index in [1.165, 1.54) is 6.07 Å². The SMILES string of the molecule is CCN(Cc1ccc([N+](=O)[O-])c(N)c1)CC1CCCO1. The Morgan fingerprint density at radius 3 is 2.90 bits per heavy atom. The minimum atomic E-state index is -0.455. The number of benzene rings is 1. The lowest BCUT2D eigenvalue weighted by Crippen LogP contribution is -2.31. The van der Waals surface area contributed by atoms with Crippen molar-refractivity contribution in [3.05, 3.63) is 33.9 Å². The van der Waals surface area contributed by atoms with E-state index in [0.717, 1.165) is 44.6 Å². The number of hydrogen-bond donors (Lipinski definition) is 1. The van der Waals surface area contributed by atoms with Crippen LogP contribution in [0.4, 0.5) is 11.4 Å². The number of anilines is 1. The van der Waals surface area contributed by atoms with Gasteiger partial charge in [0.05, 0.1) is 11.0 Å². The number of nitrogens with zero attached hydrogens (tertiary/aromatic N) is 2. The van der Waals surface area contributed by atoms with Crippen LogP contribution in [0, 0.1) is 10.1 Å². The molecular weight excluding hydrogens is 258 g/mol. The van der Waals surface area contributed by atoms with Crippen LogP contribution in [0.1, 0.15) is 25.3 Å². The van der Waals surface area contributed by atoms with Crippen molar-refractivity contribution < 1.29 is 9.66 Å². The zero-order chi connectivity index (χ0) is 14.5. The van der Waals surface area contributed by atoms with Crippen LogP contribution in [0.2, 0.25) is 0 Å².